The van der Waals surface area contributed by atoms with Crippen molar-refractivity contribution in [2.24, 2.45) is 11.7 Å². The van der Waals surface area contributed by atoms with Crippen LogP contribution in [0.25, 0.3) is 0 Å². The topological polar surface area (TPSA) is 59.2 Å². The number of carbonyl (C=O) groups is 1. The van der Waals surface area contributed by atoms with Crippen LogP contribution in [0.2, 0.25) is 0 Å². The Hall–Kier alpha value is -1.58. The summed E-state index contributed by atoms with van der Waals surface area (Å²) in [5.74, 6) is 0.878. The fraction of sp³-hybridized carbons (Fsp3) is 0.538. The second-order valence-electron chi connectivity index (χ2n) is 5.23. The minimum Gasteiger partial charge on any atom is -0.365 e. The third kappa shape index (κ3) is 1.88. The van der Waals surface area contributed by atoms with E-state index in [2.05, 4.69) is 30.7 Å². The lowest BCUT2D eigenvalue weighted by Crippen LogP contribution is -2.43. The molecule has 0 radical (unpaired) electrons. The molecule has 2 rings (SSSR count). The van der Waals surface area contributed by atoms with E-state index < -0.39 is 5.91 Å². The van der Waals surface area contributed by atoms with E-state index in [-0.39, 0.29) is 5.54 Å². The molecule has 2 heterocycles. The zero-order chi connectivity index (χ0) is 12.6. The molecule has 1 aromatic rings. The summed E-state index contributed by atoms with van der Waals surface area (Å²) in [7, 11) is 0. The lowest BCUT2D eigenvalue weighted by Gasteiger charge is -2.36. The average Bonchev–Trinajstić information content (AvgIpc) is 2.54. The number of pyridine rings is 1. The van der Waals surface area contributed by atoms with Crippen LogP contribution in [0.3, 0.4) is 0 Å². The molecule has 0 saturated carbocycles. The lowest BCUT2D eigenvalue weighted by molar-refractivity contribution is 0.100. The fourth-order valence-corrected chi connectivity index (χ4v) is 2.41. The van der Waals surface area contributed by atoms with Gasteiger partial charge in [-0.2, -0.15) is 0 Å². The van der Waals surface area contributed by atoms with Gasteiger partial charge in [-0.3, -0.25) is 4.79 Å². The number of hydrogen-bond donors (Lipinski definition) is 1. The first-order chi connectivity index (χ1) is 7.94. The lowest BCUT2D eigenvalue weighted by atomic mass is 9.90. The van der Waals surface area contributed by atoms with Crippen LogP contribution in [0.15, 0.2) is 18.3 Å². The fourth-order valence-electron chi connectivity index (χ4n) is 2.41. The second-order valence-corrected chi connectivity index (χ2v) is 5.23. The van der Waals surface area contributed by atoms with Crippen LogP contribution >= 0.6 is 0 Å². The molecule has 1 atom stereocenters. The van der Waals surface area contributed by atoms with Gasteiger partial charge in [0.1, 0.15) is 5.82 Å². The number of nitrogens with two attached hydrogens (primary N) is 1. The van der Waals surface area contributed by atoms with Crippen molar-refractivity contribution >= 4 is 11.7 Å². The van der Waals surface area contributed by atoms with Crippen LogP contribution in [-0.4, -0.2) is 23.0 Å². The number of primary amides is 1. The monoisotopic (exact) mass is 233 g/mol. The van der Waals surface area contributed by atoms with Crippen LogP contribution in [0.4, 0.5) is 5.82 Å². The van der Waals surface area contributed by atoms with Gasteiger partial charge in [0.05, 0.1) is 5.56 Å². The number of nitrogens with zero attached hydrogens (tertiary/aromatic N) is 2. The Morgan fingerprint density at radius 3 is 2.82 bits per heavy atom. The minimum absolute atomic E-state index is 0.0125. The van der Waals surface area contributed by atoms with Crippen molar-refractivity contribution < 1.29 is 4.79 Å². The summed E-state index contributed by atoms with van der Waals surface area (Å²) < 4.78 is 0. The van der Waals surface area contributed by atoms with Crippen molar-refractivity contribution in [3.63, 3.8) is 0 Å². The maximum absolute atomic E-state index is 11.4. The van der Waals surface area contributed by atoms with E-state index in [4.69, 9.17) is 5.73 Å². The molecule has 17 heavy (non-hydrogen) atoms. The number of aromatic nitrogens is 1. The molecule has 1 aliphatic heterocycles. The largest absolute Gasteiger partial charge is 0.365 e. The van der Waals surface area contributed by atoms with Crippen molar-refractivity contribution in [1.82, 2.24) is 4.98 Å². The smallest absolute Gasteiger partial charge is 0.252 e. The normalized spacial score (nSPS) is 22.8. The van der Waals surface area contributed by atoms with E-state index in [1.165, 1.54) is 0 Å². The third-order valence-corrected chi connectivity index (χ3v) is 4.00. The number of hydrogen-bond acceptors (Lipinski definition) is 3. The van der Waals surface area contributed by atoms with E-state index in [1.807, 2.05) is 0 Å². The van der Waals surface area contributed by atoms with Gasteiger partial charge in [-0.25, -0.2) is 4.98 Å². The Morgan fingerprint density at radius 2 is 2.29 bits per heavy atom. The Bertz CT molecular complexity index is 442. The predicted molar refractivity (Wildman–Crippen MR) is 68.0 cm³/mol. The van der Waals surface area contributed by atoms with Crippen molar-refractivity contribution in [1.29, 1.82) is 0 Å². The highest BCUT2D eigenvalue weighted by Crippen LogP contribution is 2.38. The summed E-state index contributed by atoms with van der Waals surface area (Å²) in [4.78, 5) is 18.0. The first-order valence-electron chi connectivity index (χ1n) is 5.97. The molecule has 92 valence electrons. The molecule has 4 nitrogen and oxygen atoms in total. The standard InChI is InChI=1S/C13H19N3O/c1-9-6-8-16(13(9,2)3)12-10(11(14)17)5-4-7-15-12/h4-5,7,9H,6,8H2,1-3H3,(H2,14,17). The van der Waals surface area contributed by atoms with E-state index in [0.717, 1.165) is 13.0 Å². The second kappa shape index (κ2) is 4.02. The Morgan fingerprint density at radius 1 is 1.59 bits per heavy atom. The summed E-state index contributed by atoms with van der Waals surface area (Å²) in [5.41, 5.74) is 5.92. The quantitative estimate of drug-likeness (QED) is 0.847. The predicted octanol–water partition coefficient (Wildman–Crippen LogP) is 1.81. The van der Waals surface area contributed by atoms with Gasteiger partial charge in [0, 0.05) is 18.3 Å². The highest BCUT2D eigenvalue weighted by atomic mass is 16.1. The van der Waals surface area contributed by atoms with Crippen LogP contribution in [-0.2, 0) is 0 Å². The van der Waals surface area contributed by atoms with Gasteiger partial charge in [-0.05, 0) is 38.3 Å². The van der Waals surface area contributed by atoms with E-state index >= 15 is 0 Å². The van der Waals surface area contributed by atoms with Crippen molar-refractivity contribution in [3.8, 4) is 0 Å². The number of rotatable bonds is 2. The molecule has 1 saturated heterocycles. The maximum atomic E-state index is 11.4. The highest BCUT2D eigenvalue weighted by molar-refractivity contribution is 5.97. The van der Waals surface area contributed by atoms with E-state index in [9.17, 15) is 4.79 Å². The number of anilines is 1. The van der Waals surface area contributed by atoms with Crippen molar-refractivity contribution in [2.75, 3.05) is 11.4 Å². The molecule has 0 spiro atoms. The van der Waals surface area contributed by atoms with Crippen LogP contribution in [0.5, 0.6) is 0 Å². The van der Waals surface area contributed by atoms with Crippen LogP contribution in [0, 0.1) is 5.92 Å². The molecule has 4 heteroatoms. The molecule has 1 fully saturated rings. The first kappa shape index (κ1) is 11.9. The Balaban J connectivity index is 2.45. The maximum Gasteiger partial charge on any atom is 0.252 e. The summed E-state index contributed by atoms with van der Waals surface area (Å²) >= 11 is 0. The number of carbonyl (C=O) groups excluding carboxylic acids is 1. The highest BCUT2D eigenvalue weighted by Gasteiger charge is 2.40. The SMILES string of the molecule is CC1CCN(c2ncccc2C(N)=O)C1(C)C. The van der Waals surface area contributed by atoms with Crippen molar-refractivity contribution in [2.45, 2.75) is 32.7 Å². The van der Waals surface area contributed by atoms with Gasteiger partial charge in [0.15, 0.2) is 0 Å². The zero-order valence-corrected chi connectivity index (χ0v) is 10.6. The molecule has 0 aliphatic carbocycles. The minimum atomic E-state index is -0.413. The zero-order valence-electron chi connectivity index (χ0n) is 10.6. The molecule has 1 unspecified atom stereocenters. The van der Waals surface area contributed by atoms with Crippen molar-refractivity contribution in [3.05, 3.63) is 23.9 Å². The van der Waals surface area contributed by atoms with Gasteiger partial charge in [-0.1, -0.05) is 6.92 Å². The number of amides is 1. The van der Waals surface area contributed by atoms with Crippen LogP contribution < -0.4 is 10.6 Å². The Kier molecular flexibility index (Phi) is 2.81. The molecule has 0 aromatic carbocycles. The van der Waals surface area contributed by atoms with Gasteiger partial charge in [-0.15, -0.1) is 0 Å². The van der Waals surface area contributed by atoms with E-state index in [1.54, 1.807) is 18.3 Å². The first-order valence-corrected chi connectivity index (χ1v) is 5.97. The van der Waals surface area contributed by atoms with Crippen LogP contribution in [0.1, 0.15) is 37.6 Å². The van der Waals surface area contributed by atoms with E-state index in [0.29, 0.717) is 17.3 Å². The summed E-state index contributed by atoms with van der Waals surface area (Å²) in [5, 5.41) is 0. The van der Waals surface area contributed by atoms with Gasteiger partial charge < -0.3 is 10.6 Å². The molecular formula is C13H19N3O. The summed E-state index contributed by atoms with van der Waals surface area (Å²) in [6, 6.07) is 3.49. The third-order valence-electron chi connectivity index (χ3n) is 4.00. The average molecular weight is 233 g/mol. The summed E-state index contributed by atoms with van der Waals surface area (Å²) in [6.07, 6.45) is 2.82. The molecular weight excluding hydrogens is 214 g/mol. The van der Waals surface area contributed by atoms with Gasteiger partial charge in [0.25, 0.3) is 5.91 Å². The van der Waals surface area contributed by atoms with Gasteiger partial charge in [0.2, 0.25) is 0 Å². The molecule has 1 amide bonds. The molecule has 0 bridgehead atoms. The summed E-state index contributed by atoms with van der Waals surface area (Å²) in [6.45, 7) is 7.52. The molecule has 2 N–H and O–H groups in total. The van der Waals surface area contributed by atoms with Gasteiger partial charge >= 0.3 is 0 Å². The Labute approximate surface area is 102 Å². The molecule has 1 aromatic heterocycles. The molecule has 1 aliphatic rings.